The number of fused-ring (bicyclic) bond motifs is 1. The molecule has 21 heavy (non-hydrogen) atoms. The number of piperidine rings is 1. The fraction of sp³-hybridized carbons (Fsp3) is 0.500. The van der Waals surface area contributed by atoms with Gasteiger partial charge in [0.2, 0.25) is 0 Å². The van der Waals surface area contributed by atoms with E-state index in [1.54, 1.807) is 0 Å². The lowest BCUT2D eigenvalue weighted by Gasteiger charge is -2.34. The van der Waals surface area contributed by atoms with E-state index in [0.29, 0.717) is 0 Å². The Morgan fingerprint density at radius 1 is 1.14 bits per heavy atom. The Hall–Kier alpha value is -1.35. The third kappa shape index (κ3) is 2.71. The Bertz CT molecular complexity index is 624. The van der Waals surface area contributed by atoms with Gasteiger partial charge in [0.25, 0.3) is 0 Å². The number of thiophene rings is 1. The standard InChI is InChI=1S/C18H24N2S/c1-12-7-10-20(11-8-12)17-13(2)6-5-9-19-18-16(17)14(3)15(4)21-18/h9H,1,5-8,10-11H2,2-4H3. The highest BCUT2D eigenvalue weighted by molar-refractivity contribution is 7.16. The lowest BCUT2D eigenvalue weighted by Crippen LogP contribution is -2.30. The second-order valence-corrected chi connectivity index (χ2v) is 7.38. The predicted molar refractivity (Wildman–Crippen MR) is 93.7 cm³/mol. The van der Waals surface area contributed by atoms with Crippen molar-refractivity contribution in [2.75, 3.05) is 13.1 Å². The van der Waals surface area contributed by atoms with Crippen LogP contribution in [0.4, 0.5) is 5.00 Å². The predicted octanol–water partition coefficient (Wildman–Crippen LogP) is 5.24. The van der Waals surface area contributed by atoms with Crippen LogP contribution in [0, 0.1) is 13.8 Å². The quantitative estimate of drug-likeness (QED) is 0.647. The van der Waals surface area contributed by atoms with Gasteiger partial charge in [-0.05, 0) is 57.6 Å². The fourth-order valence-electron chi connectivity index (χ4n) is 3.21. The summed E-state index contributed by atoms with van der Waals surface area (Å²) in [6.07, 6.45) is 6.50. The molecule has 0 aromatic carbocycles. The van der Waals surface area contributed by atoms with Crippen molar-refractivity contribution < 1.29 is 0 Å². The summed E-state index contributed by atoms with van der Waals surface area (Å²) in [6.45, 7) is 13.1. The van der Waals surface area contributed by atoms with Crippen molar-refractivity contribution in [2.24, 2.45) is 4.99 Å². The zero-order chi connectivity index (χ0) is 15.0. The maximum Gasteiger partial charge on any atom is 0.125 e. The highest BCUT2D eigenvalue weighted by Crippen LogP contribution is 2.43. The van der Waals surface area contributed by atoms with Gasteiger partial charge in [-0.3, -0.25) is 0 Å². The second kappa shape index (κ2) is 5.80. The molecule has 0 atom stereocenters. The minimum atomic E-state index is 1.05. The van der Waals surface area contributed by atoms with E-state index in [1.807, 2.05) is 11.3 Å². The van der Waals surface area contributed by atoms with Gasteiger partial charge in [-0.1, -0.05) is 12.2 Å². The van der Waals surface area contributed by atoms with Crippen molar-refractivity contribution in [3.05, 3.63) is 33.7 Å². The Kier molecular flexibility index (Phi) is 4.03. The van der Waals surface area contributed by atoms with Crippen LogP contribution in [0.3, 0.4) is 0 Å². The second-order valence-electron chi connectivity index (χ2n) is 6.18. The number of likely N-dealkylation sites (tertiary alicyclic amines) is 1. The molecule has 3 heterocycles. The number of nitrogens with zero attached hydrogens (tertiary/aromatic N) is 2. The minimum absolute atomic E-state index is 1.05. The summed E-state index contributed by atoms with van der Waals surface area (Å²) in [5.41, 5.74) is 7.16. The summed E-state index contributed by atoms with van der Waals surface area (Å²) in [4.78, 5) is 8.70. The molecule has 112 valence electrons. The smallest absolute Gasteiger partial charge is 0.125 e. The Morgan fingerprint density at radius 2 is 1.86 bits per heavy atom. The van der Waals surface area contributed by atoms with Gasteiger partial charge in [0.05, 0.1) is 0 Å². The number of allylic oxidation sites excluding steroid dienone is 1. The summed E-state index contributed by atoms with van der Waals surface area (Å²) >= 11 is 1.83. The molecule has 0 amide bonds. The first kappa shape index (κ1) is 14.6. The average molecular weight is 300 g/mol. The first-order valence-electron chi connectivity index (χ1n) is 7.82. The highest BCUT2D eigenvalue weighted by Gasteiger charge is 2.25. The normalized spacial score (nSPS) is 19.6. The van der Waals surface area contributed by atoms with Crippen LogP contribution in [0.1, 0.15) is 48.6 Å². The molecule has 1 aromatic rings. The molecule has 2 aliphatic rings. The van der Waals surface area contributed by atoms with Crippen molar-refractivity contribution >= 4 is 28.2 Å². The van der Waals surface area contributed by atoms with E-state index in [4.69, 9.17) is 4.99 Å². The van der Waals surface area contributed by atoms with Gasteiger partial charge in [-0.15, -0.1) is 11.3 Å². The summed E-state index contributed by atoms with van der Waals surface area (Å²) in [6, 6.07) is 0. The van der Waals surface area contributed by atoms with Crippen LogP contribution in [0.5, 0.6) is 0 Å². The molecule has 2 aliphatic heterocycles. The van der Waals surface area contributed by atoms with E-state index >= 15 is 0 Å². The van der Waals surface area contributed by atoms with E-state index in [0.717, 1.165) is 38.8 Å². The van der Waals surface area contributed by atoms with Gasteiger partial charge in [-0.2, -0.15) is 0 Å². The third-order valence-electron chi connectivity index (χ3n) is 4.65. The van der Waals surface area contributed by atoms with E-state index in [2.05, 4.69) is 38.5 Å². The maximum absolute atomic E-state index is 4.74. The lowest BCUT2D eigenvalue weighted by molar-refractivity contribution is 0.367. The largest absolute Gasteiger partial charge is 0.370 e. The van der Waals surface area contributed by atoms with Crippen molar-refractivity contribution in [2.45, 2.75) is 46.5 Å². The van der Waals surface area contributed by atoms with Gasteiger partial charge in [0, 0.05) is 35.4 Å². The molecule has 0 aliphatic carbocycles. The first-order valence-corrected chi connectivity index (χ1v) is 8.64. The highest BCUT2D eigenvalue weighted by atomic mass is 32.1. The molecule has 1 aromatic heterocycles. The molecule has 0 spiro atoms. The van der Waals surface area contributed by atoms with Crippen LogP contribution < -0.4 is 0 Å². The zero-order valence-electron chi connectivity index (χ0n) is 13.3. The van der Waals surface area contributed by atoms with Gasteiger partial charge in [0.1, 0.15) is 5.00 Å². The Morgan fingerprint density at radius 3 is 2.57 bits per heavy atom. The van der Waals surface area contributed by atoms with Crippen LogP contribution in [0.15, 0.2) is 22.7 Å². The number of hydrogen-bond acceptors (Lipinski definition) is 3. The van der Waals surface area contributed by atoms with Crippen LogP contribution in [0.2, 0.25) is 0 Å². The van der Waals surface area contributed by atoms with E-state index in [9.17, 15) is 0 Å². The van der Waals surface area contributed by atoms with Crippen LogP contribution in [-0.2, 0) is 0 Å². The molecule has 2 nitrogen and oxygen atoms in total. The Balaban J connectivity index is 2.09. The molecular formula is C18H24N2S. The first-order chi connectivity index (χ1) is 10.1. The van der Waals surface area contributed by atoms with Crippen LogP contribution in [-0.4, -0.2) is 24.2 Å². The Labute approximate surface area is 131 Å². The fourth-order valence-corrected chi connectivity index (χ4v) is 4.24. The topological polar surface area (TPSA) is 15.6 Å². The van der Waals surface area contributed by atoms with Crippen LogP contribution in [0.25, 0.3) is 5.70 Å². The summed E-state index contributed by atoms with van der Waals surface area (Å²) in [5, 5.41) is 1.20. The molecule has 0 bridgehead atoms. The third-order valence-corrected chi connectivity index (χ3v) is 5.77. The number of aliphatic imine (C=N–C) groups is 1. The molecule has 3 heteroatoms. The zero-order valence-corrected chi connectivity index (χ0v) is 14.1. The van der Waals surface area contributed by atoms with Crippen LogP contribution >= 0.6 is 11.3 Å². The molecule has 1 saturated heterocycles. The SMILES string of the molecule is C=C1CCN(C2=C(C)CCC=Nc3sc(C)c(C)c32)CC1. The van der Waals surface area contributed by atoms with Crippen molar-refractivity contribution in [1.29, 1.82) is 0 Å². The molecule has 1 fully saturated rings. The molecule has 0 N–H and O–H groups in total. The van der Waals surface area contributed by atoms with E-state index in [1.165, 1.54) is 37.8 Å². The van der Waals surface area contributed by atoms with E-state index in [-0.39, 0.29) is 0 Å². The van der Waals surface area contributed by atoms with Crippen molar-refractivity contribution in [3.63, 3.8) is 0 Å². The average Bonchev–Trinajstić information content (AvgIpc) is 2.72. The molecule has 0 unspecified atom stereocenters. The van der Waals surface area contributed by atoms with Gasteiger partial charge in [0.15, 0.2) is 0 Å². The van der Waals surface area contributed by atoms with Crippen molar-refractivity contribution in [3.8, 4) is 0 Å². The molecule has 0 saturated carbocycles. The molecule has 0 radical (unpaired) electrons. The number of rotatable bonds is 1. The summed E-state index contributed by atoms with van der Waals surface area (Å²) in [7, 11) is 0. The van der Waals surface area contributed by atoms with Gasteiger partial charge < -0.3 is 4.90 Å². The van der Waals surface area contributed by atoms with E-state index < -0.39 is 0 Å². The van der Waals surface area contributed by atoms with Gasteiger partial charge >= 0.3 is 0 Å². The maximum atomic E-state index is 4.74. The number of hydrogen-bond donors (Lipinski definition) is 0. The van der Waals surface area contributed by atoms with Gasteiger partial charge in [-0.25, -0.2) is 4.99 Å². The molecular weight excluding hydrogens is 276 g/mol. The lowest BCUT2D eigenvalue weighted by atomic mass is 9.96. The monoisotopic (exact) mass is 300 g/mol. The summed E-state index contributed by atoms with van der Waals surface area (Å²) in [5.74, 6) is 0. The molecule has 3 rings (SSSR count). The minimum Gasteiger partial charge on any atom is -0.370 e. The van der Waals surface area contributed by atoms with Crippen molar-refractivity contribution in [1.82, 2.24) is 4.90 Å². The summed E-state index contributed by atoms with van der Waals surface area (Å²) < 4.78 is 0. The number of aryl methyl sites for hydroxylation is 1.